The van der Waals surface area contributed by atoms with Gasteiger partial charge in [-0.1, -0.05) is 6.92 Å². The molecule has 1 N–H and O–H groups in total. The molecule has 1 heterocycles. The summed E-state index contributed by atoms with van der Waals surface area (Å²) in [4.78, 5) is 24.9. The van der Waals surface area contributed by atoms with E-state index in [1.165, 1.54) is 7.11 Å². The van der Waals surface area contributed by atoms with Crippen molar-refractivity contribution in [3.8, 4) is 0 Å². The summed E-state index contributed by atoms with van der Waals surface area (Å²) in [6, 6.07) is -0.186. The number of nitrogens with one attached hydrogen (secondary N) is 1. The number of hydrogen-bond donors (Lipinski definition) is 1. The number of hydrogen-bond acceptors (Lipinski definition) is 3. The zero-order chi connectivity index (χ0) is 12.1. The lowest BCUT2D eigenvalue weighted by Crippen LogP contribution is -2.48. The molecule has 2 amide bonds. The van der Waals surface area contributed by atoms with Gasteiger partial charge in [-0.25, -0.2) is 4.79 Å². The van der Waals surface area contributed by atoms with Crippen LogP contribution >= 0.6 is 0 Å². The van der Waals surface area contributed by atoms with Crippen molar-refractivity contribution in [2.75, 3.05) is 13.7 Å². The van der Waals surface area contributed by atoms with E-state index in [1.54, 1.807) is 6.92 Å². The lowest BCUT2D eigenvalue weighted by molar-refractivity contribution is -0.133. The van der Waals surface area contributed by atoms with Crippen molar-refractivity contribution in [3.05, 3.63) is 0 Å². The number of amides is 2. The van der Waals surface area contributed by atoms with Gasteiger partial charge in [-0.05, 0) is 26.2 Å². The maximum atomic E-state index is 12.0. The first-order chi connectivity index (χ1) is 7.60. The Morgan fingerprint density at radius 3 is 2.81 bits per heavy atom. The second-order valence-electron chi connectivity index (χ2n) is 4.09. The number of likely N-dealkylation sites (tertiary alicyclic amines) is 1. The van der Waals surface area contributed by atoms with Gasteiger partial charge >= 0.3 is 6.09 Å². The van der Waals surface area contributed by atoms with Crippen LogP contribution in [0.15, 0.2) is 0 Å². The molecular weight excluding hydrogens is 208 g/mol. The number of carbonyl (C=O) groups is 2. The molecule has 0 saturated carbocycles. The first kappa shape index (κ1) is 12.8. The summed E-state index contributed by atoms with van der Waals surface area (Å²) in [6.45, 7) is 4.56. The van der Waals surface area contributed by atoms with E-state index in [2.05, 4.69) is 17.0 Å². The molecule has 1 rings (SSSR count). The number of methoxy groups -OCH3 is 1. The van der Waals surface area contributed by atoms with Crippen molar-refractivity contribution < 1.29 is 14.3 Å². The van der Waals surface area contributed by atoms with E-state index in [0.29, 0.717) is 6.04 Å². The Balaban J connectivity index is 2.52. The fourth-order valence-corrected chi connectivity index (χ4v) is 2.10. The first-order valence-electron chi connectivity index (χ1n) is 5.75. The molecule has 16 heavy (non-hydrogen) atoms. The Labute approximate surface area is 96.1 Å². The second kappa shape index (κ2) is 5.72. The first-order valence-corrected chi connectivity index (χ1v) is 5.75. The van der Waals surface area contributed by atoms with Crippen LogP contribution in [0.1, 0.15) is 33.1 Å². The third-order valence-electron chi connectivity index (χ3n) is 3.02. The van der Waals surface area contributed by atoms with Crippen molar-refractivity contribution in [3.63, 3.8) is 0 Å². The van der Waals surface area contributed by atoms with Crippen LogP contribution in [-0.4, -0.2) is 42.6 Å². The largest absolute Gasteiger partial charge is 0.453 e. The van der Waals surface area contributed by atoms with E-state index < -0.39 is 12.1 Å². The summed E-state index contributed by atoms with van der Waals surface area (Å²) in [7, 11) is 1.29. The molecule has 92 valence electrons. The smallest absolute Gasteiger partial charge is 0.407 e. The minimum Gasteiger partial charge on any atom is -0.453 e. The average molecular weight is 228 g/mol. The van der Waals surface area contributed by atoms with Gasteiger partial charge in [0.05, 0.1) is 7.11 Å². The Morgan fingerprint density at radius 1 is 1.56 bits per heavy atom. The van der Waals surface area contributed by atoms with Crippen LogP contribution in [0, 0.1) is 0 Å². The molecule has 1 aliphatic rings. The minimum absolute atomic E-state index is 0.0187. The molecule has 0 aliphatic carbocycles. The van der Waals surface area contributed by atoms with Crippen LogP contribution in [0.5, 0.6) is 0 Å². The molecule has 1 aliphatic heterocycles. The van der Waals surface area contributed by atoms with Crippen molar-refractivity contribution in [2.45, 2.75) is 45.2 Å². The van der Waals surface area contributed by atoms with Gasteiger partial charge in [0.15, 0.2) is 0 Å². The van der Waals surface area contributed by atoms with E-state index >= 15 is 0 Å². The predicted molar refractivity (Wildman–Crippen MR) is 60.0 cm³/mol. The minimum atomic E-state index is -0.562. The number of nitrogens with zero attached hydrogens (tertiary/aromatic N) is 1. The molecule has 0 aromatic rings. The maximum absolute atomic E-state index is 12.0. The topological polar surface area (TPSA) is 58.6 Å². The standard InChI is InChI=1S/C11H20N2O3/c1-4-9-6-5-7-13(9)10(14)8(2)12-11(15)16-3/h8-9H,4-7H2,1-3H3,(H,12,15). The van der Waals surface area contributed by atoms with Crippen molar-refractivity contribution in [1.82, 2.24) is 10.2 Å². The number of rotatable bonds is 3. The molecule has 0 spiro atoms. The van der Waals surface area contributed by atoms with Crippen LogP contribution in [-0.2, 0) is 9.53 Å². The summed E-state index contributed by atoms with van der Waals surface area (Å²) >= 11 is 0. The molecule has 0 bridgehead atoms. The molecule has 2 unspecified atom stereocenters. The van der Waals surface area contributed by atoms with E-state index in [9.17, 15) is 9.59 Å². The van der Waals surface area contributed by atoms with Gasteiger partial charge in [-0.3, -0.25) is 4.79 Å². The number of alkyl carbamates (subject to hydrolysis) is 1. The fourth-order valence-electron chi connectivity index (χ4n) is 2.10. The predicted octanol–water partition coefficient (Wildman–Crippen LogP) is 1.13. The molecule has 1 fully saturated rings. The highest BCUT2D eigenvalue weighted by atomic mass is 16.5. The highest BCUT2D eigenvalue weighted by Gasteiger charge is 2.30. The van der Waals surface area contributed by atoms with Gasteiger partial charge in [0.25, 0.3) is 0 Å². The fraction of sp³-hybridized carbons (Fsp3) is 0.818. The van der Waals surface area contributed by atoms with Gasteiger partial charge in [-0.2, -0.15) is 0 Å². The summed E-state index contributed by atoms with van der Waals surface area (Å²) < 4.78 is 4.47. The van der Waals surface area contributed by atoms with Crippen LogP contribution in [0.4, 0.5) is 4.79 Å². The quantitative estimate of drug-likeness (QED) is 0.787. The van der Waals surface area contributed by atoms with Crippen LogP contribution in [0.3, 0.4) is 0 Å². The molecule has 5 heteroatoms. The normalized spacial score (nSPS) is 21.7. The van der Waals surface area contributed by atoms with Gasteiger partial charge in [0.1, 0.15) is 6.04 Å². The summed E-state index contributed by atoms with van der Waals surface area (Å²) in [6.07, 6.45) is 2.52. The Kier molecular flexibility index (Phi) is 4.58. The Bertz CT molecular complexity index is 268. The van der Waals surface area contributed by atoms with E-state index in [4.69, 9.17) is 0 Å². The third-order valence-corrected chi connectivity index (χ3v) is 3.02. The zero-order valence-electron chi connectivity index (χ0n) is 10.2. The summed E-state index contributed by atoms with van der Waals surface area (Å²) in [5.74, 6) is -0.0187. The lowest BCUT2D eigenvalue weighted by atomic mass is 10.1. The highest BCUT2D eigenvalue weighted by Crippen LogP contribution is 2.20. The maximum Gasteiger partial charge on any atom is 0.407 e. The third kappa shape index (κ3) is 2.87. The molecule has 0 aromatic heterocycles. The van der Waals surface area contributed by atoms with Crippen LogP contribution < -0.4 is 5.32 Å². The van der Waals surface area contributed by atoms with E-state index in [1.807, 2.05) is 4.90 Å². The summed E-state index contributed by atoms with van der Waals surface area (Å²) in [5.41, 5.74) is 0. The van der Waals surface area contributed by atoms with Gasteiger partial charge in [0, 0.05) is 12.6 Å². The molecule has 2 atom stereocenters. The Morgan fingerprint density at radius 2 is 2.25 bits per heavy atom. The van der Waals surface area contributed by atoms with Crippen LogP contribution in [0.25, 0.3) is 0 Å². The van der Waals surface area contributed by atoms with Gasteiger partial charge in [-0.15, -0.1) is 0 Å². The average Bonchev–Trinajstić information content (AvgIpc) is 2.75. The van der Waals surface area contributed by atoms with Crippen molar-refractivity contribution >= 4 is 12.0 Å². The zero-order valence-corrected chi connectivity index (χ0v) is 10.2. The molecule has 0 radical (unpaired) electrons. The monoisotopic (exact) mass is 228 g/mol. The van der Waals surface area contributed by atoms with E-state index in [-0.39, 0.29) is 5.91 Å². The highest BCUT2D eigenvalue weighted by molar-refractivity contribution is 5.85. The van der Waals surface area contributed by atoms with Crippen LogP contribution in [0.2, 0.25) is 0 Å². The molecule has 0 aromatic carbocycles. The summed E-state index contributed by atoms with van der Waals surface area (Å²) in [5, 5.41) is 2.50. The molecule has 5 nitrogen and oxygen atoms in total. The van der Waals surface area contributed by atoms with Gasteiger partial charge in [0.2, 0.25) is 5.91 Å². The Hall–Kier alpha value is -1.26. The lowest BCUT2D eigenvalue weighted by Gasteiger charge is -2.26. The SMILES string of the molecule is CCC1CCCN1C(=O)C(C)NC(=O)OC. The molecular formula is C11H20N2O3. The number of carbonyl (C=O) groups excluding carboxylic acids is 2. The van der Waals surface area contributed by atoms with Crippen molar-refractivity contribution in [1.29, 1.82) is 0 Å². The molecule has 1 saturated heterocycles. The van der Waals surface area contributed by atoms with Gasteiger partial charge < -0.3 is 15.0 Å². The van der Waals surface area contributed by atoms with E-state index in [0.717, 1.165) is 25.8 Å². The number of ether oxygens (including phenoxy) is 1. The second-order valence-corrected chi connectivity index (χ2v) is 4.09. The van der Waals surface area contributed by atoms with Crippen molar-refractivity contribution in [2.24, 2.45) is 0 Å².